The number of nitriles is 1. The molecule has 0 aromatic carbocycles. The van der Waals surface area contributed by atoms with E-state index in [1.165, 1.54) is 0 Å². The molecular weight excluding hydrogens is 359 g/mol. The molecule has 0 spiro atoms. The van der Waals surface area contributed by atoms with Crippen LogP contribution in [-0.4, -0.2) is 42.1 Å². The minimum Gasteiger partial charge on any atom is -0.444 e. The van der Waals surface area contributed by atoms with Crippen molar-refractivity contribution in [3.8, 4) is 6.07 Å². The zero-order valence-corrected chi connectivity index (χ0v) is 16.2. The number of amides is 1. The van der Waals surface area contributed by atoms with E-state index >= 15 is 0 Å². The summed E-state index contributed by atoms with van der Waals surface area (Å²) in [6.07, 6.45) is -1.19. The van der Waals surface area contributed by atoms with Crippen LogP contribution in [0.2, 0.25) is 0 Å². The Morgan fingerprint density at radius 3 is 2.30 bits per heavy atom. The molecule has 0 radical (unpaired) electrons. The van der Waals surface area contributed by atoms with E-state index in [4.69, 9.17) is 4.74 Å². The van der Waals surface area contributed by atoms with Crippen LogP contribution < -0.4 is 0 Å². The van der Waals surface area contributed by atoms with Gasteiger partial charge in [0.2, 0.25) is 0 Å². The molecule has 1 heterocycles. The van der Waals surface area contributed by atoms with Gasteiger partial charge in [-0.2, -0.15) is 18.4 Å². The van der Waals surface area contributed by atoms with Crippen LogP contribution in [0.25, 0.3) is 0 Å². The number of hydrogen-bond acceptors (Lipinski definition) is 4. The van der Waals surface area contributed by atoms with Crippen LogP contribution in [0.4, 0.5) is 18.0 Å². The second-order valence-electron chi connectivity index (χ2n) is 7.60. The topological polar surface area (TPSA) is 65.7 Å². The fraction of sp³-hybridized carbons (Fsp3) is 0.632. The van der Waals surface area contributed by atoms with Crippen LogP contribution in [-0.2, 0) is 4.74 Å². The Labute approximate surface area is 158 Å². The third kappa shape index (κ3) is 7.08. The SMILES string of the molecule is C=C(/N=C\C(=C/C)CC1(C#N)CCN(C(=O)OC(C)(C)C)CC1)C(F)(F)F. The van der Waals surface area contributed by atoms with Gasteiger partial charge in [-0.15, -0.1) is 0 Å². The maximum atomic E-state index is 12.5. The van der Waals surface area contributed by atoms with Crippen molar-refractivity contribution in [2.24, 2.45) is 10.4 Å². The van der Waals surface area contributed by atoms with Gasteiger partial charge in [-0.05, 0) is 52.5 Å². The van der Waals surface area contributed by atoms with E-state index in [2.05, 4.69) is 17.6 Å². The summed E-state index contributed by atoms with van der Waals surface area (Å²) in [6, 6.07) is 2.28. The lowest BCUT2D eigenvalue weighted by molar-refractivity contribution is -0.0918. The van der Waals surface area contributed by atoms with Gasteiger partial charge in [0.15, 0.2) is 0 Å². The van der Waals surface area contributed by atoms with E-state index in [-0.39, 0.29) is 6.42 Å². The zero-order chi connectivity index (χ0) is 20.9. The van der Waals surface area contributed by atoms with Gasteiger partial charge in [0.05, 0.1) is 11.5 Å². The number of piperidine rings is 1. The molecule has 0 bridgehead atoms. The Kier molecular flexibility index (Phi) is 7.24. The predicted octanol–water partition coefficient (Wildman–Crippen LogP) is 5.01. The van der Waals surface area contributed by atoms with Crippen LogP contribution in [0.15, 0.2) is 28.9 Å². The number of halogens is 3. The van der Waals surface area contributed by atoms with Gasteiger partial charge in [0.1, 0.15) is 11.3 Å². The average Bonchev–Trinajstić information content (AvgIpc) is 2.56. The summed E-state index contributed by atoms with van der Waals surface area (Å²) in [5.74, 6) is 0. The lowest BCUT2D eigenvalue weighted by Crippen LogP contribution is -2.45. The van der Waals surface area contributed by atoms with Crippen molar-refractivity contribution in [1.29, 1.82) is 5.26 Å². The normalized spacial score (nSPS) is 18.3. The molecule has 1 aliphatic heterocycles. The number of alkyl halides is 3. The molecule has 0 saturated carbocycles. The predicted molar refractivity (Wildman–Crippen MR) is 97.1 cm³/mol. The lowest BCUT2D eigenvalue weighted by Gasteiger charge is -2.38. The molecule has 0 N–H and O–H groups in total. The number of ether oxygens (including phenoxy) is 1. The molecule has 0 aromatic heterocycles. The highest BCUT2D eigenvalue weighted by molar-refractivity contribution is 5.79. The Balaban J connectivity index is 2.76. The molecule has 1 aliphatic rings. The number of aliphatic imine (C=N–C) groups is 1. The first kappa shape index (κ1) is 22.7. The summed E-state index contributed by atoms with van der Waals surface area (Å²) in [6.45, 7) is 10.6. The minimum atomic E-state index is -4.58. The first-order valence-corrected chi connectivity index (χ1v) is 8.66. The number of hydrogen-bond donors (Lipinski definition) is 0. The first-order valence-electron chi connectivity index (χ1n) is 8.66. The Morgan fingerprint density at radius 1 is 1.33 bits per heavy atom. The third-order valence-electron chi connectivity index (χ3n) is 4.24. The number of likely N-dealkylation sites (tertiary alicyclic amines) is 1. The monoisotopic (exact) mass is 385 g/mol. The van der Waals surface area contributed by atoms with Crippen molar-refractivity contribution in [2.45, 2.75) is 58.7 Å². The van der Waals surface area contributed by atoms with Crippen LogP contribution in [0.5, 0.6) is 0 Å². The van der Waals surface area contributed by atoms with Crippen LogP contribution >= 0.6 is 0 Å². The number of nitrogens with zero attached hydrogens (tertiary/aromatic N) is 3. The van der Waals surface area contributed by atoms with Crippen molar-refractivity contribution in [3.63, 3.8) is 0 Å². The summed E-state index contributed by atoms with van der Waals surface area (Å²) in [5, 5.41) is 9.65. The molecule has 0 atom stereocenters. The fourth-order valence-corrected chi connectivity index (χ4v) is 2.62. The summed E-state index contributed by atoms with van der Waals surface area (Å²) >= 11 is 0. The first-order chi connectivity index (χ1) is 12.3. The minimum absolute atomic E-state index is 0.261. The molecule has 150 valence electrons. The van der Waals surface area contributed by atoms with E-state index < -0.39 is 29.0 Å². The molecule has 1 amide bonds. The highest BCUT2D eigenvalue weighted by Gasteiger charge is 2.38. The van der Waals surface area contributed by atoms with Crippen LogP contribution in [0.1, 0.15) is 47.0 Å². The summed E-state index contributed by atoms with van der Waals surface area (Å²) < 4.78 is 42.8. The average molecular weight is 385 g/mol. The van der Waals surface area contributed by atoms with Gasteiger partial charge in [-0.1, -0.05) is 12.7 Å². The van der Waals surface area contributed by atoms with Gasteiger partial charge in [0.25, 0.3) is 0 Å². The Hall–Kier alpha value is -2.30. The molecule has 5 nitrogen and oxygen atoms in total. The fourth-order valence-electron chi connectivity index (χ4n) is 2.62. The maximum Gasteiger partial charge on any atom is 0.432 e. The van der Waals surface area contributed by atoms with E-state index in [1.807, 2.05) is 0 Å². The number of rotatable bonds is 4. The molecule has 0 aromatic rings. The Bertz CT molecular complexity index is 659. The lowest BCUT2D eigenvalue weighted by atomic mass is 9.75. The van der Waals surface area contributed by atoms with Gasteiger partial charge in [-0.3, -0.25) is 4.99 Å². The van der Waals surface area contributed by atoms with E-state index in [0.29, 0.717) is 31.5 Å². The van der Waals surface area contributed by atoms with E-state index in [1.54, 1.807) is 38.7 Å². The van der Waals surface area contributed by atoms with E-state index in [0.717, 1.165) is 6.21 Å². The highest BCUT2D eigenvalue weighted by Crippen LogP contribution is 2.37. The molecule has 0 unspecified atom stereocenters. The van der Waals surface area contributed by atoms with Gasteiger partial charge in [-0.25, -0.2) is 4.79 Å². The van der Waals surface area contributed by atoms with Crippen LogP contribution in [0.3, 0.4) is 0 Å². The number of carbonyl (C=O) groups is 1. The molecule has 1 saturated heterocycles. The van der Waals surface area contributed by atoms with Crippen LogP contribution in [0, 0.1) is 16.7 Å². The van der Waals surface area contributed by atoms with Gasteiger partial charge < -0.3 is 9.64 Å². The van der Waals surface area contributed by atoms with Crippen molar-refractivity contribution in [2.75, 3.05) is 13.1 Å². The second-order valence-corrected chi connectivity index (χ2v) is 7.60. The largest absolute Gasteiger partial charge is 0.444 e. The molecule has 0 aliphatic carbocycles. The smallest absolute Gasteiger partial charge is 0.432 e. The Morgan fingerprint density at radius 2 is 1.89 bits per heavy atom. The number of carbonyl (C=O) groups excluding carboxylic acids is 1. The summed E-state index contributed by atoms with van der Waals surface area (Å²) in [7, 11) is 0. The standard InChI is InChI=1S/C19H26F3N3O2/c1-6-15(12-24-14(2)19(20,21)22)11-18(13-23)7-9-25(10-8-18)16(26)27-17(3,4)5/h6,12H,2,7-11H2,1,3-5H3/b15-6-,24-12-. The quantitative estimate of drug-likeness (QED) is 0.639. The molecular formula is C19H26F3N3O2. The van der Waals surface area contributed by atoms with Gasteiger partial charge in [0, 0.05) is 19.3 Å². The maximum absolute atomic E-state index is 12.5. The third-order valence-corrected chi connectivity index (χ3v) is 4.24. The van der Waals surface area contributed by atoms with E-state index in [9.17, 15) is 23.2 Å². The molecule has 8 heteroatoms. The molecule has 1 rings (SSSR count). The summed E-state index contributed by atoms with van der Waals surface area (Å²) in [4.78, 5) is 17.1. The molecule has 1 fully saturated rings. The zero-order valence-electron chi connectivity index (χ0n) is 16.2. The second kappa shape index (κ2) is 8.59. The highest BCUT2D eigenvalue weighted by atomic mass is 19.4. The van der Waals surface area contributed by atoms with Gasteiger partial charge >= 0.3 is 12.3 Å². The van der Waals surface area contributed by atoms with Crippen molar-refractivity contribution in [1.82, 2.24) is 4.90 Å². The number of allylic oxidation sites excluding steroid dienone is 3. The summed E-state index contributed by atoms with van der Waals surface area (Å²) in [5.41, 5.74) is -2.03. The molecule has 27 heavy (non-hydrogen) atoms. The van der Waals surface area contributed by atoms with Crippen molar-refractivity contribution >= 4 is 12.3 Å². The van der Waals surface area contributed by atoms with Crippen molar-refractivity contribution < 1.29 is 22.7 Å². The van der Waals surface area contributed by atoms with Crippen molar-refractivity contribution in [3.05, 3.63) is 23.9 Å².